The quantitative estimate of drug-likeness (QED) is 0.606. The Morgan fingerprint density at radius 2 is 2.00 bits per heavy atom. The molecule has 1 aliphatic rings. The summed E-state index contributed by atoms with van der Waals surface area (Å²) in [5, 5.41) is 10.2. The molecule has 1 unspecified atom stereocenters. The number of nitrogens with zero attached hydrogens (tertiary/aromatic N) is 1. The molecule has 0 aliphatic heterocycles. The predicted octanol–water partition coefficient (Wildman–Crippen LogP) is 4.76. The second-order valence-corrected chi connectivity index (χ2v) is 7.96. The van der Waals surface area contributed by atoms with Gasteiger partial charge in [-0.3, -0.25) is 5.32 Å². The largest absolute Gasteiger partial charge is 0.496 e. The molecule has 0 saturated heterocycles. The summed E-state index contributed by atoms with van der Waals surface area (Å²) in [5.41, 5.74) is 2.02. The van der Waals surface area contributed by atoms with Gasteiger partial charge in [-0.1, -0.05) is 12.1 Å². The lowest BCUT2D eigenvalue weighted by Gasteiger charge is -2.30. The molecule has 148 valence electrons. The lowest BCUT2D eigenvalue weighted by Crippen LogP contribution is -2.36. The van der Waals surface area contributed by atoms with Crippen LogP contribution in [-0.2, 0) is 4.74 Å². The Labute approximate surface area is 166 Å². The zero-order valence-electron chi connectivity index (χ0n) is 16.5. The third-order valence-corrected chi connectivity index (χ3v) is 5.95. The molecule has 1 heterocycles. The molecular formula is C21H31N3O2S. The molecule has 0 radical (unpaired) electrons. The van der Waals surface area contributed by atoms with Crippen LogP contribution in [0.15, 0.2) is 29.6 Å². The first-order valence-electron chi connectivity index (χ1n) is 9.90. The van der Waals surface area contributed by atoms with Crippen molar-refractivity contribution in [3.63, 3.8) is 0 Å². The van der Waals surface area contributed by atoms with Crippen LogP contribution < -0.4 is 15.4 Å². The summed E-state index contributed by atoms with van der Waals surface area (Å²) >= 11 is 1.67. The fourth-order valence-corrected chi connectivity index (χ4v) is 4.44. The lowest BCUT2D eigenvalue weighted by molar-refractivity contribution is 0.0473. The number of para-hydroxylation sites is 1. The van der Waals surface area contributed by atoms with Gasteiger partial charge in [0.15, 0.2) is 5.13 Å². The molecule has 1 aromatic heterocycles. The van der Waals surface area contributed by atoms with Gasteiger partial charge < -0.3 is 14.8 Å². The molecule has 0 spiro atoms. The van der Waals surface area contributed by atoms with Gasteiger partial charge in [-0.2, -0.15) is 0 Å². The predicted molar refractivity (Wildman–Crippen MR) is 113 cm³/mol. The van der Waals surface area contributed by atoms with E-state index in [1.165, 1.54) is 25.7 Å². The maximum absolute atomic E-state index is 5.55. The van der Waals surface area contributed by atoms with Gasteiger partial charge in [0.05, 0.1) is 12.8 Å². The molecule has 1 aliphatic carbocycles. The van der Waals surface area contributed by atoms with E-state index in [4.69, 9.17) is 14.5 Å². The number of hydrogen-bond acceptors (Lipinski definition) is 6. The molecule has 5 nitrogen and oxygen atoms in total. The summed E-state index contributed by atoms with van der Waals surface area (Å²) in [6, 6.07) is 8.55. The Balaban J connectivity index is 1.48. The van der Waals surface area contributed by atoms with E-state index in [1.54, 1.807) is 18.4 Å². The van der Waals surface area contributed by atoms with Crippen LogP contribution in [0.4, 0.5) is 5.13 Å². The second kappa shape index (κ2) is 10.1. The van der Waals surface area contributed by atoms with Gasteiger partial charge in [0, 0.05) is 30.1 Å². The number of anilines is 1. The fraction of sp³-hybridized carbons (Fsp3) is 0.571. The molecule has 3 rings (SSSR count). The van der Waals surface area contributed by atoms with Crippen LogP contribution in [-0.4, -0.2) is 37.5 Å². The zero-order chi connectivity index (χ0) is 19.1. The SMILES string of the molecule is CCOC(C)NCC1CCC(Nc2nc(-c3ccccc3OC)cs2)CC1. The first-order chi connectivity index (χ1) is 13.2. The smallest absolute Gasteiger partial charge is 0.183 e. The summed E-state index contributed by atoms with van der Waals surface area (Å²) in [7, 11) is 1.70. The van der Waals surface area contributed by atoms with Crippen LogP contribution in [0.3, 0.4) is 0 Å². The fourth-order valence-electron chi connectivity index (χ4n) is 3.65. The molecule has 2 aromatic rings. The van der Waals surface area contributed by atoms with Crippen LogP contribution in [0.25, 0.3) is 11.3 Å². The minimum absolute atomic E-state index is 0.148. The number of hydrogen-bond donors (Lipinski definition) is 2. The maximum atomic E-state index is 5.55. The van der Waals surface area contributed by atoms with Crippen molar-refractivity contribution in [1.29, 1.82) is 0 Å². The highest BCUT2D eigenvalue weighted by Crippen LogP contribution is 2.33. The molecule has 27 heavy (non-hydrogen) atoms. The molecule has 1 saturated carbocycles. The highest BCUT2D eigenvalue weighted by Gasteiger charge is 2.22. The molecule has 0 bridgehead atoms. The van der Waals surface area contributed by atoms with Crippen molar-refractivity contribution >= 4 is 16.5 Å². The topological polar surface area (TPSA) is 55.4 Å². The van der Waals surface area contributed by atoms with Gasteiger partial charge >= 0.3 is 0 Å². The van der Waals surface area contributed by atoms with E-state index in [9.17, 15) is 0 Å². The zero-order valence-corrected chi connectivity index (χ0v) is 17.3. The van der Waals surface area contributed by atoms with Crippen molar-refractivity contribution in [1.82, 2.24) is 10.3 Å². The Kier molecular flexibility index (Phi) is 7.50. The third-order valence-electron chi connectivity index (χ3n) is 5.17. The Hall–Kier alpha value is -1.63. The van der Waals surface area contributed by atoms with Crippen LogP contribution in [0.1, 0.15) is 39.5 Å². The third kappa shape index (κ3) is 5.67. The van der Waals surface area contributed by atoms with Crippen molar-refractivity contribution in [2.45, 2.75) is 51.8 Å². The summed E-state index contributed by atoms with van der Waals surface area (Å²) in [6.45, 7) is 5.92. The van der Waals surface area contributed by atoms with Crippen molar-refractivity contribution in [3.05, 3.63) is 29.6 Å². The Bertz CT molecular complexity index is 698. The average molecular weight is 390 g/mol. The van der Waals surface area contributed by atoms with Gasteiger partial charge in [0.25, 0.3) is 0 Å². The summed E-state index contributed by atoms with van der Waals surface area (Å²) in [4.78, 5) is 4.78. The van der Waals surface area contributed by atoms with Crippen molar-refractivity contribution in [2.75, 3.05) is 25.6 Å². The van der Waals surface area contributed by atoms with Crippen molar-refractivity contribution in [2.24, 2.45) is 5.92 Å². The van der Waals surface area contributed by atoms with Crippen LogP contribution >= 0.6 is 11.3 Å². The van der Waals surface area contributed by atoms with Crippen LogP contribution in [0.2, 0.25) is 0 Å². The Morgan fingerprint density at radius 1 is 1.22 bits per heavy atom. The number of rotatable bonds is 9. The number of aromatic nitrogens is 1. The van der Waals surface area contributed by atoms with Crippen molar-refractivity contribution in [3.8, 4) is 17.0 Å². The van der Waals surface area contributed by atoms with E-state index in [0.29, 0.717) is 6.04 Å². The molecule has 1 atom stereocenters. The van der Waals surface area contributed by atoms with Gasteiger partial charge in [-0.25, -0.2) is 4.98 Å². The monoisotopic (exact) mass is 389 g/mol. The highest BCUT2D eigenvalue weighted by molar-refractivity contribution is 7.14. The molecule has 6 heteroatoms. The van der Waals surface area contributed by atoms with E-state index in [0.717, 1.165) is 41.2 Å². The van der Waals surface area contributed by atoms with Gasteiger partial charge in [-0.05, 0) is 57.6 Å². The molecule has 0 amide bonds. The normalized spacial score (nSPS) is 21.0. The minimum atomic E-state index is 0.148. The standard InChI is InChI=1S/C21H31N3O2S/c1-4-26-15(2)22-13-16-9-11-17(12-10-16)23-21-24-19(14-27-21)18-7-5-6-8-20(18)25-3/h5-8,14-17,22H,4,9-13H2,1-3H3,(H,23,24). The van der Waals surface area contributed by atoms with Crippen molar-refractivity contribution < 1.29 is 9.47 Å². The lowest BCUT2D eigenvalue weighted by atomic mass is 9.86. The number of nitrogens with one attached hydrogen (secondary N) is 2. The van der Waals surface area contributed by atoms with Gasteiger partial charge in [-0.15, -0.1) is 11.3 Å². The van der Waals surface area contributed by atoms with E-state index in [1.807, 2.05) is 25.1 Å². The number of ether oxygens (including phenoxy) is 2. The summed E-state index contributed by atoms with van der Waals surface area (Å²) in [5.74, 6) is 1.61. The number of methoxy groups -OCH3 is 1. The van der Waals surface area contributed by atoms with E-state index in [2.05, 4.69) is 29.0 Å². The number of thiazole rings is 1. The summed E-state index contributed by atoms with van der Waals surface area (Å²) < 4.78 is 11.0. The van der Waals surface area contributed by atoms with E-state index >= 15 is 0 Å². The van der Waals surface area contributed by atoms with E-state index in [-0.39, 0.29) is 6.23 Å². The Morgan fingerprint density at radius 3 is 2.74 bits per heavy atom. The molecule has 1 aromatic carbocycles. The molecular weight excluding hydrogens is 358 g/mol. The van der Waals surface area contributed by atoms with Gasteiger partial charge in [0.2, 0.25) is 0 Å². The number of benzene rings is 1. The highest BCUT2D eigenvalue weighted by atomic mass is 32.1. The maximum Gasteiger partial charge on any atom is 0.183 e. The minimum Gasteiger partial charge on any atom is -0.496 e. The van der Waals surface area contributed by atoms with Crippen LogP contribution in [0, 0.1) is 5.92 Å². The average Bonchev–Trinajstić information content (AvgIpc) is 3.16. The first-order valence-corrected chi connectivity index (χ1v) is 10.8. The van der Waals surface area contributed by atoms with Crippen LogP contribution in [0.5, 0.6) is 5.75 Å². The molecule has 1 fully saturated rings. The van der Waals surface area contributed by atoms with Gasteiger partial charge in [0.1, 0.15) is 12.0 Å². The summed E-state index contributed by atoms with van der Waals surface area (Å²) in [6.07, 6.45) is 5.02. The second-order valence-electron chi connectivity index (χ2n) is 7.11. The van der Waals surface area contributed by atoms with E-state index < -0.39 is 0 Å². The molecule has 2 N–H and O–H groups in total. The first kappa shape index (κ1) is 20.1.